The van der Waals surface area contributed by atoms with Crippen molar-refractivity contribution in [3.8, 4) is 0 Å². The summed E-state index contributed by atoms with van der Waals surface area (Å²) in [6.45, 7) is 3.32. The first-order valence-electron chi connectivity index (χ1n) is 6.85. The maximum absolute atomic E-state index is 12.0. The van der Waals surface area contributed by atoms with Crippen molar-refractivity contribution in [3.05, 3.63) is 22.6 Å². The molecule has 1 N–H and O–H groups in total. The van der Waals surface area contributed by atoms with E-state index in [1.807, 2.05) is 6.92 Å². The predicted octanol–water partition coefficient (Wildman–Crippen LogP) is 2.56. The highest BCUT2D eigenvalue weighted by Crippen LogP contribution is 2.22. The molecule has 0 radical (unpaired) electrons. The largest absolute Gasteiger partial charge is 0.465 e. The molecule has 0 spiro atoms. The molecule has 19 heavy (non-hydrogen) atoms. The number of carbonyl (C=O) groups is 1. The van der Waals surface area contributed by atoms with Gasteiger partial charge in [0.05, 0.1) is 6.61 Å². The van der Waals surface area contributed by atoms with Crippen LogP contribution in [0.4, 0.5) is 0 Å². The molecule has 0 aromatic rings. The van der Waals surface area contributed by atoms with Crippen molar-refractivity contribution < 1.29 is 9.53 Å². The highest BCUT2D eigenvalue weighted by molar-refractivity contribution is 5.76. The third kappa shape index (κ3) is 5.77. The summed E-state index contributed by atoms with van der Waals surface area (Å²) in [7, 11) is 0. The predicted molar refractivity (Wildman–Crippen MR) is 73.5 cm³/mol. The van der Waals surface area contributed by atoms with Crippen molar-refractivity contribution in [3.63, 3.8) is 0 Å². The smallest absolute Gasteiger partial charge is 0.323 e. The summed E-state index contributed by atoms with van der Waals surface area (Å²) in [5, 5.41) is 6.72. The number of esters is 1. The van der Waals surface area contributed by atoms with Crippen LogP contribution in [-0.2, 0) is 9.53 Å². The second kappa shape index (κ2) is 9.42. The molecule has 2 unspecified atom stereocenters. The van der Waals surface area contributed by atoms with Gasteiger partial charge in [-0.25, -0.2) is 0 Å². The van der Waals surface area contributed by atoms with Gasteiger partial charge in [0, 0.05) is 11.5 Å². The molecule has 1 aliphatic carbocycles. The van der Waals surface area contributed by atoms with Gasteiger partial charge in [0.2, 0.25) is 0 Å². The Morgan fingerprint density at radius 1 is 1.63 bits per heavy atom. The molecule has 0 amide bonds. The number of allylic oxidation sites excluding steroid dienone is 2. The van der Waals surface area contributed by atoms with Crippen molar-refractivity contribution in [1.29, 1.82) is 0 Å². The van der Waals surface area contributed by atoms with Gasteiger partial charge in [0.25, 0.3) is 0 Å². The zero-order valence-corrected chi connectivity index (χ0v) is 11.4. The summed E-state index contributed by atoms with van der Waals surface area (Å²) < 4.78 is 5.13. The van der Waals surface area contributed by atoms with Crippen LogP contribution < -0.4 is 5.32 Å². The lowest BCUT2D eigenvalue weighted by Gasteiger charge is -2.27. The Morgan fingerprint density at radius 2 is 2.47 bits per heavy atom. The molecule has 0 fully saturated rings. The average Bonchev–Trinajstić information content (AvgIpc) is 2.44. The quantitative estimate of drug-likeness (QED) is 0.183. The van der Waals surface area contributed by atoms with Crippen LogP contribution in [0.15, 0.2) is 17.3 Å². The van der Waals surface area contributed by atoms with Gasteiger partial charge in [-0.05, 0) is 50.6 Å². The van der Waals surface area contributed by atoms with Crippen LogP contribution in [0.5, 0.6) is 0 Å². The van der Waals surface area contributed by atoms with Crippen LogP contribution in [0.3, 0.4) is 0 Å². The first kappa shape index (κ1) is 15.5. The number of ether oxygens (including phenoxy) is 1. The lowest BCUT2D eigenvalue weighted by molar-refractivity contribution is -0.147. The third-order valence-electron chi connectivity index (χ3n) is 3.18. The van der Waals surface area contributed by atoms with E-state index in [1.54, 1.807) is 0 Å². The zero-order valence-electron chi connectivity index (χ0n) is 11.4. The summed E-state index contributed by atoms with van der Waals surface area (Å²) in [6.07, 6.45) is 7.93. The number of hydrogen-bond donors (Lipinski definition) is 1. The van der Waals surface area contributed by atoms with Crippen LogP contribution in [-0.4, -0.2) is 31.7 Å². The van der Waals surface area contributed by atoms with Crippen LogP contribution >= 0.6 is 0 Å². The molecule has 6 nitrogen and oxygen atoms in total. The Morgan fingerprint density at radius 3 is 3.11 bits per heavy atom. The zero-order chi connectivity index (χ0) is 13.9. The van der Waals surface area contributed by atoms with Crippen LogP contribution in [0.2, 0.25) is 0 Å². The summed E-state index contributed by atoms with van der Waals surface area (Å²) in [6, 6.07) is -0.254. The van der Waals surface area contributed by atoms with E-state index in [4.69, 9.17) is 10.3 Å². The second-order valence-electron chi connectivity index (χ2n) is 4.54. The van der Waals surface area contributed by atoms with Gasteiger partial charge in [-0.15, -0.1) is 0 Å². The molecule has 1 aliphatic rings. The van der Waals surface area contributed by atoms with Crippen molar-refractivity contribution >= 4 is 5.97 Å². The van der Waals surface area contributed by atoms with E-state index in [-0.39, 0.29) is 12.0 Å². The molecule has 0 heterocycles. The lowest BCUT2D eigenvalue weighted by Crippen LogP contribution is -2.44. The van der Waals surface area contributed by atoms with Gasteiger partial charge in [-0.3, -0.25) is 4.79 Å². The Bertz CT molecular complexity index is 351. The van der Waals surface area contributed by atoms with E-state index in [0.29, 0.717) is 25.6 Å². The number of rotatable bonds is 8. The van der Waals surface area contributed by atoms with Crippen LogP contribution in [0.25, 0.3) is 10.4 Å². The van der Waals surface area contributed by atoms with E-state index < -0.39 is 0 Å². The Balaban J connectivity index is 2.46. The molecule has 106 valence electrons. The molecular weight excluding hydrogens is 244 g/mol. The fraction of sp³-hybridized carbons (Fsp3) is 0.769. The van der Waals surface area contributed by atoms with E-state index >= 15 is 0 Å². The molecule has 2 atom stereocenters. The van der Waals surface area contributed by atoms with Gasteiger partial charge in [0.15, 0.2) is 0 Å². The minimum absolute atomic E-state index is 0.174. The Kier molecular flexibility index (Phi) is 7.70. The summed E-state index contributed by atoms with van der Waals surface area (Å²) in [5.41, 5.74) is 8.19. The normalized spacial score (nSPS) is 19.5. The minimum atomic E-state index is -0.254. The van der Waals surface area contributed by atoms with Gasteiger partial charge < -0.3 is 10.1 Å². The molecule has 0 aliphatic heterocycles. The molecule has 0 bridgehead atoms. The fourth-order valence-corrected chi connectivity index (χ4v) is 2.25. The Hall–Kier alpha value is -1.52. The lowest BCUT2D eigenvalue weighted by atomic mass is 9.87. The van der Waals surface area contributed by atoms with E-state index in [2.05, 4.69) is 27.5 Å². The average molecular weight is 266 g/mol. The van der Waals surface area contributed by atoms with Crippen molar-refractivity contribution in [2.24, 2.45) is 11.0 Å². The first-order valence-corrected chi connectivity index (χ1v) is 6.85. The van der Waals surface area contributed by atoms with Crippen LogP contribution in [0.1, 0.15) is 32.6 Å². The summed E-state index contributed by atoms with van der Waals surface area (Å²) in [5.74, 6) is 0.120. The monoisotopic (exact) mass is 266 g/mol. The van der Waals surface area contributed by atoms with Crippen molar-refractivity contribution in [2.45, 2.75) is 38.6 Å². The van der Waals surface area contributed by atoms with Gasteiger partial charge in [0.1, 0.15) is 6.04 Å². The second-order valence-corrected chi connectivity index (χ2v) is 4.54. The van der Waals surface area contributed by atoms with E-state index in [1.165, 1.54) is 0 Å². The Labute approximate surface area is 113 Å². The number of nitrogens with one attached hydrogen (secondary N) is 1. The minimum Gasteiger partial charge on any atom is -0.465 e. The van der Waals surface area contributed by atoms with Crippen molar-refractivity contribution in [2.75, 3.05) is 19.7 Å². The van der Waals surface area contributed by atoms with E-state index in [9.17, 15) is 4.79 Å². The highest BCUT2D eigenvalue weighted by atomic mass is 16.5. The summed E-state index contributed by atoms with van der Waals surface area (Å²) in [4.78, 5) is 14.7. The molecule has 0 aromatic carbocycles. The molecule has 0 saturated carbocycles. The number of hydrogen-bond acceptors (Lipinski definition) is 4. The maximum atomic E-state index is 12.0. The van der Waals surface area contributed by atoms with Gasteiger partial charge >= 0.3 is 5.97 Å². The molecular formula is C13H22N4O2. The molecule has 1 rings (SSSR count). The van der Waals surface area contributed by atoms with Crippen molar-refractivity contribution in [1.82, 2.24) is 5.32 Å². The first-order chi connectivity index (χ1) is 9.29. The number of azide groups is 1. The fourth-order valence-electron chi connectivity index (χ4n) is 2.25. The maximum Gasteiger partial charge on any atom is 0.323 e. The van der Waals surface area contributed by atoms with E-state index in [0.717, 1.165) is 25.7 Å². The molecule has 0 aromatic heterocycles. The molecule has 0 saturated heterocycles. The standard InChI is InChI=1S/C13H22N4O2/c1-2-19-13(18)12(11-7-4-3-5-8-11)15-9-6-10-16-17-14/h3-4,11-12,15H,2,5-10H2,1H3. The van der Waals surface area contributed by atoms with Crippen LogP contribution in [0, 0.1) is 5.92 Å². The highest BCUT2D eigenvalue weighted by Gasteiger charge is 2.28. The van der Waals surface area contributed by atoms with Gasteiger partial charge in [-0.1, -0.05) is 17.3 Å². The number of nitrogens with zero attached hydrogens (tertiary/aromatic N) is 3. The SMILES string of the molecule is CCOC(=O)C(NCCCN=[N+]=[N-])C1CC=CCC1. The van der Waals surface area contributed by atoms with Gasteiger partial charge in [-0.2, -0.15) is 0 Å². The molecule has 6 heteroatoms. The number of carbonyl (C=O) groups excluding carboxylic acids is 1. The topological polar surface area (TPSA) is 87.1 Å². The third-order valence-corrected chi connectivity index (χ3v) is 3.18. The summed E-state index contributed by atoms with van der Waals surface area (Å²) >= 11 is 0.